The average molecular weight is 310 g/mol. The number of nitrogens with zero attached hydrogens (tertiary/aromatic N) is 1. The number of anilines is 1. The first-order chi connectivity index (χ1) is 9.61. The number of para-hydroxylation sites is 1. The first kappa shape index (κ1) is 14.7. The van der Waals surface area contributed by atoms with Crippen molar-refractivity contribution in [2.45, 2.75) is 10.6 Å². The van der Waals surface area contributed by atoms with Gasteiger partial charge in [-0.15, -0.1) is 11.8 Å². The molecule has 0 aliphatic heterocycles. The lowest BCUT2D eigenvalue weighted by Gasteiger charge is -2.05. The number of hydrogen-bond donors (Lipinski definition) is 1. The van der Waals surface area contributed by atoms with Crippen LogP contribution in [0.5, 0.6) is 0 Å². The third-order valence-electron chi connectivity index (χ3n) is 2.71. The van der Waals surface area contributed by atoms with E-state index in [0.717, 1.165) is 10.5 Å². The van der Waals surface area contributed by atoms with Crippen molar-refractivity contribution in [1.29, 1.82) is 0 Å². The van der Waals surface area contributed by atoms with Gasteiger partial charge in [0.2, 0.25) is 0 Å². The third-order valence-corrected chi connectivity index (χ3v) is 4.08. The first-order valence-electron chi connectivity index (χ1n) is 5.89. The van der Waals surface area contributed by atoms with Crippen LogP contribution in [-0.2, 0) is 10.6 Å². The summed E-state index contributed by atoms with van der Waals surface area (Å²) in [6.07, 6.45) is 0. The topological polar surface area (TPSA) is 55.3 Å². The second-order valence-electron chi connectivity index (χ2n) is 4.04. The highest BCUT2D eigenvalue weighted by Gasteiger charge is 2.19. The Morgan fingerprint density at radius 3 is 2.75 bits per heavy atom. The maximum absolute atomic E-state index is 11.6. The fraction of sp³-hybridized carbons (Fsp3) is 0.143. The number of hydrogen-bond acceptors (Lipinski definition) is 4. The minimum atomic E-state index is 0.495. The van der Waals surface area contributed by atoms with Crippen molar-refractivity contribution in [2.24, 2.45) is 0 Å². The molecule has 0 aliphatic rings. The Kier molecular flexibility index (Phi) is 4.87. The zero-order chi connectivity index (χ0) is 14.5. The summed E-state index contributed by atoms with van der Waals surface area (Å²) in [5.74, 6) is 0.615. The molecule has 4 nitrogen and oxygen atoms in total. The molecule has 2 aromatic carbocycles. The van der Waals surface area contributed by atoms with E-state index in [-0.39, 0.29) is 0 Å². The van der Waals surface area contributed by atoms with Crippen molar-refractivity contribution in [3.63, 3.8) is 0 Å². The molecule has 2 N–H and O–H groups in total. The van der Waals surface area contributed by atoms with Crippen LogP contribution in [-0.4, -0.2) is 12.0 Å². The molecule has 2 rings (SSSR count). The number of benzene rings is 2. The minimum absolute atomic E-state index is 0.495. The molecule has 0 fully saturated rings. The summed E-state index contributed by atoms with van der Waals surface area (Å²) >= 11 is 7.41. The molecule has 0 aliphatic carbocycles. The summed E-state index contributed by atoms with van der Waals surface area (Å²) in [6.45, 7) is 0. The molecule has 20 heavy (non-hydrogen) atoms. The highest BCUT2D eigenvalue weighted by Crippen LogP contribution is 2.32. The minimum Gasteiger partial charge on any atom is -0.398 e. The zero-order valence-electron chi connectivity index (χ0n) is 10.9. The van der Waals surface area contributed by atoms with Gasteiger partial charge in [0.15, 0.2) is 7.11 Å². The Bertz CT molecular complexity index is 634. The van der Waals surface area contributed by atoms with Gasteiger partial charge in [0.05, 0.1) is 4.91 Å². The molecule has 0 aromatic heterocycles. The van der Waals surface area contributed by atoms with E-state index >= 15 is 0 Å². The Labute approximate surface area is 126 Å². The van der Waals surface area contributed by atoms with Gasteiger partial charge in [-0.05, 0) is 18.2 Å². The standard InChI is InChI=1S/C14H14ClN2O2S/c1-19-17(18)13-5-3-2-4-10(13)9-20-14-7-6-11(15)8-12(14)16/h2-8H,9,16H2,1H3/q+1. The van der Waals surface area contributed by atoms with E-state index in [4.69, 9.17) is 22.2 Å². The molecular weight excluding hydrogens is 296 g/mol. The average Bonchev–Trinajstić information content (AvgIpc) is 2.46. The Hall–Kier alpha value is -1.72. The lowest BCUT2D eigenvalue weighted by Crippen LogP contribution is -2.01. The molecule has 2 aromatic rings. The quantitative estimate of drug-likeness (QED) is 0.511. The van der Waals surface area contributed by atoms with Crippen LogP contribution in [0.3, 0.4) is 0 Å². The van der Waals surface area contributed by atoms with E-state index in [9.17, 15) is 4.91 Å². The summed E-state index contributed by atoms with van der Waals surface area (Å²) in [5.41, 5.74) is 7.91. The Balaban J connectivity index is 2.17. The lowest BCUT2D eigenvalue weighted by molar-refractivity contribution is -0.737. The fourth-order valence-corrected chi connectivity index (χ4v) is 2.84. The maximum atomic E-state index is 11.6. The summed E-state index contributed by atoms with van der Waals surface area (Å²) in [6, 6.07) is 12.7. The predicted molar refractivity (Wildman–Crippen MR) is 82.2 cm³/mol. The van der Waals surface area contributed by atoms with Gasteiger partial charge in [-0.1, -0.05) is 29.8 Å². The molecule has 0 heterocycles. The summed E-state index contributed by atoms with van der Waals surface area (Å²) < 4.78 is 0. The normalized spacial score (nSPS) is 10.3. The molecule has 0 spiro atoms. The van der Waals surface area contributed by atoms with E-state index in [2.05, 4.69) is 0 Å². The Morgan fingerprint density at radius 1 is 1.30 bits per heavy atom. The van der Waals surface area contributed by atoms with Crippen LogP contribution in [0, 0.1) is 4.91 Å². The van der Waals surface area contributed by atoms with Gasteiger partial charge in [-0.3, -0.25) is 0 Å². The van der Waals surface area contributed by atoms with E-state index in [1.807, 2.05) is 18.2 Å². The molecule has 0 saturated carbocycles. The molecule has 0 atom stereocenters. The maximum Gasteiger partial charge on any atom is 0.320 e. The van der Waals surface area contributed by atoms with Crippen molar-refractivity contribution in [3.8, 4) is 0 Å². The summed E-state index contributed by atoms with van der Waals surface area (Å²) in [4.78, 5) is 17.7. The van der Waals surface area contributed by atoms with E-state index in [1.54, 1.807) is 36.0 Å². The van der Waals surface area contributed by atoms with Crippen LogP contribution in [0.2, 0.25) is 5.02 Å². The molecule has 6 heteroatoms. The van der Waals surface area contributed by atoms with E-state index in [1.165, 1.54) is 7.11 Å². The largest absolute Gasteiger partial charge is 0.398 e. The van der Waals surface area contributed by atoms with E-state index < -0.39 is 0 Å². The van der Waals surface area contributed by atoms with Gasteiger partial charge in [0.1, 0.15) is 0 Å². The van der Waals surface area contributed by atoms with Gasteiger partial charge in [-0.25, -0.2) is 4.84 Å². The molecule has 0 saturated heterocycles. The third kappa shape index (κ3) is 3.43. The SMILES string of the molecule is CO[N+](=O)c1ccccc1CSc1ccc(Cl)cc1N. The first-order valence-corrected chi connectivity index (χ1v) is 7.25. The van der Waals surface area contributed by atoms with Crippen LogP contribution in [0.25, 0.3) is 0 Å². The van der Waals surface area contributed by atoms with Crippen molar-refractivity contribution in [1.82, 2.24) is 0 Å². The molecule has 0 radical (unpaired) electrons. The monoisotopic (exact) mass is 309 g/mol. The van der Waals surface area contributed by atoms with Crippen LogP contribution in [0.15, 0.2) is 47.4 Å². The van der Waals surface area contributed by atoms with Crippen molar-refractivity contribution in [3.05, 3.63) is 58.0 Å². The molecule has 0 amide bonds. The van der Waals surface area contributed by atoms with Gasteiger partial charge < -0.3 is 5.73 Å². The number of rotatable bonds is 5. The molecule has 104 valence electrons. The van der Waals surface area contributed by atoms with Crippen molar-refractivity contribution >= 4 is 34.7 Å². The molecule has 0 unspecified atom stereocenters. The Morgan fingerprint density at radius 2 is 2.05 bits per heavy atom. The number of halogens is 1. The van der Waals surface area contributed by atoms with Crippen LogP contribution < -0.4 is 5.73 Å². The van der Waals surface area contributed by atoms with Gasteiger partial charge in [0, 0.05) is 33.0 Å². The van der Waals surface area contributed by atoms with Crippen LogP contribution >= 0.6 is 23.4 Å². The second-order valence-corrected chi connectivity index (χ2v) is 5.49. The predicted octanol–water partition coefficient (Wildman–Crippen LogP) is 4.19. The van der Waals surface area contributed by atoms with Crippen LogP contribution in [0.1, 0.15) is 5.56 Å². The molecule has 0 bridgehead atoms. The highest BCUT2D eigenvalue weighted by molar-refractivity contribution is 7.98. The molecular formula is C14H14ClN2O2S+. The second kappa shape index (κ2) is 6.63. The van der Waals surface area contributed by atoms with E-state index in [0.29, 0.717) is 27.1 Å². The zero-order valence-corrected chi connectivity index (χ0v) is 12.4. The smallest absolute Gasteiger partial charge is 0.320 e. The lowest BCUT2D eigenvalue weighted by atomic mass is 10.2. The fourth-order valence-electron chi connectivity index (χ4n) is 1.72. The number of nitrogen functional groups attached to an aromatic ring is 1. The van der Waals surface area contributed by atoms with Crippen molar-refractivity contribution < 1.29 is 9.76 Å². The summed E-state index contributed by atoms with van der Waals surface area (Å²) in [5, 5.41) is 0.609. The number of nitrogens with two attached hydrogens (primary N) is 1. The van der Waals surface area contributed by atoms with Gasteiger partial charge in [0.25, 0.3) is 4.92 Å². The van der Waals surface area contributed by atoms with Crippen molar-refractivity contribution in [2.75, 3.05) is 12.8 Å². The van der Waals surface area contributed by atoms with Crippen LogP contribution in [0.4, 0.5) is 11.4 Å². The summed E-state index contributed by atoms with van der Waals surface area (Å²) in [7, 11) is 1.34. The van der Waals surface area contributed by atoms with Gasteiger partial charge in [-0.2, -0.15) is 0 Å². The number of thioether (sulfide) groups is 1. The van der Waals surface area contributed by atoms with Gasteiger partial charge >= 0.3 is 5.69 Å². The highest BCUT2D eigenvalue weighted by atomic mass is 35.5.